The fraction of sp³-hybridized carbons (Fsp3) is 0.538. The first kappa shape index (κ1) is 15.5. The van der Waals surface area contributed by atoms with Crippen LogP contribution >= 0.6 is 0 Å². The summed E-state index contributed by atoms with van der Waals surface area (Å²) in [6, 6.07) is 3.25. The summed E-state index contributed by atoms with van der Waals surface area (Å²) in [5, 5.41) is 37.9. The zero-order valence-corrected chi connectivity index (χ0v) is 11.3. The van der Waals surface area contributed by atoms with Crippen LogP contribution in [-0.4, -0.2) is 57.4 Å². The summed E-state index contributed by atoms with van der Waals surface area (Å²) in [4.78, 5) is 12.0. The molecule has 1 saturated heterocycles. The Labute approximate surface area is 120 Å². The van der Waals surface area contributed by atoms with Crippen LogP contribution in [0.4, 0.5) is 0 Å². The van der Waals surface area contributed by atoms with Crippen molar-refractivity contribution < 1.29 is 29.6 Å². The van der Waals surface area contributed by atoms with Gasteiger partial charge in [0.05, 0.1) is 18.8 Å². The van der Waals surface area contributed by atoms with Crippen molar-refractivity contribution in [3.63, 3.8) is 0 Å². The number of esters is 1. The summed E-state index contributed by atoms with van der Waals surface area (Å²) in [5.74, 6) is -0.725. The predicted molar refractivity (Wildman–Crippen MR) is 68.1 cm³/mol. The van der Waals surface area contributed by atoms with Crippen LogP contribution in [0.3, 0.4) is 0 Å². The first-order valence-electron chi connectivity index (χ1n) is 6.45. The fourth-order valence-corrected chi connectivity index (χ4v) is 2.27. The minimum atomic E-state index is -1.34. The quantitative estimate of drug-likeness (QED) is 0.618. The first-order chi connectivity index (χ1) is 10.0. The summed E-state index contributed by atoms with van der Waals surface area (Å²) < 4.78 is 11.5. The van der Waals surface area contributed by atoms with E-state index in [1.165, 1.54) is 16.8 Å². The van der Waals surface area contributed by atoms with Crippen LogP contribution in [0.2, 0.25) is 0 Å². The molecular formula is C13H16N2O6. The van der Waals surface area contributed by atoms with E-state index in [-0.39, 0.29) is 17.9 Å². The normalized spacial score (nSPS) is 28.3. The van der Waals surface area contributed by atoms with Gasteiger partial charge in [0.1, 0.15) is 30.1 Å². The Hall–Kier alpha value is -1.92. The second kappa shape index (κ2) is 6.24. The molecule has 8 nitrogen and oxygen atoms in total. The second-order valence-electron chi connectivity index (χ2n) is 4.55. The van der Waals surface area contributed by atoms with Gasteiger partial charge in [-0.25, -0.2) is 4.79 Å². The largest absolute Gasteiger partial charge is 0.461 e. The number of nitriles is 1. The van der Waals surface area contributed by atoms with E-state index in [4.69, 9.17) is 19.8 Å². The highest BCUT2D eigenvalue weighted by atomic mass is 16.6. The van der Waals surface area contributed by atoms with Crippen molar-refractivity contribution in [3.05, 3.63) is 23.5 Å². The molecule has 4 unspecified atom stereocenters. The highest BCUT2D eigenvalue weighted by molar-refractivity contribution is 5.90. The van der Waals surface area contributed by atoms with Crippen LogP contribution in [0.25, 0.3) is 0 Å². The predicted octanol–water partition coefficient (Wildman–Crippen LogP) is -0.852. The Morgan fingerprint density at radius 1 is 1.52 bits per heavy atom. The molecule has 3 N–H and O–H groups in total. The molecule has 0 spiro atoms. The lowest BCUT2D eigenvalue weighted by Gasteiger charge is -2.19. The van der Waals surface area contributed by atoms with E-state index in [0.29, 0.717) is 0 Å². The molecule has 1 aliphatic heterocycles. The summed E-state index contributed by atoms with van der Waals surface area (Å²) in [5.41, 5.74) is 0.0142. The van der Waals surface area contributed by atoms with Crippen molar-refractivity contribution in [2.24, 2.45) is 0 Å². The lowest BCUT2D eigenvalue weighted by atomic mass is 10.1. The number of carbonyl (C=O) groups excluding carboxylic acids is 1. The molecular weight excluding hydrogens is 280 g/mol. The van der Waals surface area contributed by atoms with Gasteiger partial charge in [0.15, 0.2) is 6.23 Å². The molecule has 2 rings (SSSR count). The van der Waals surface area contributed by atoms with Gasteiger partial charge in [-0.1, -0.05) is 0 Å². The van der Waals surface area contributed by atoms with Gasteiger partial charge in [0, 0.05) is 6.20 Å². The van der Waals surface area contributed by atoms with E-state index in [1.54, 1.807) is 6.92 Å². The molecule has 0 bridgehead atoms. The number of ether oxygens (including phenoxy) is 2. The summed E-state index contributed by atoms with van der Waals surface area (Å²) >= 11 is 0. The molecule has 0 aromatic carbocycles. The van der Waals surface area contributed by atoms with Crippen molar-refractivity contribution in [1.82, 2.24) is 4.57 Å². The van der Waals surface area contributed by atoms with Crippen LogP contribution in [0.5, 0.6) is 0 Å². The average molecular weight is 296 g/mol. The first-order valence-corrected chi connectivity index (χ1v) is 6.45. The van der Waals surface area contributed by atoms with E-state index in [0.717, 1.165) is 0 Å². The number of hydrogen-bond donors (Lipinski definition) is 3. The molecule has 8 heteroatoms. The van der Waals surface area contributed by atoms with Crippen molar-refractivity contribution in [2.75, 3.05) is 13.2 Å². The van der Waals surface area contributed by atoms with E-state index >= 15 is 0 Å². The molecule has 0 aliphatic carbocycles. The lowest BCUT2D eigenvalue weighted by molar-refractivity contribution is -0.0539. The van der Waals surface area contributed by atoms with Crippen LogP contribution in [-0.2, 0) is 9.47 Å². The van der Waals surface area contributed by atoms with Gasteiger partial charge in [0.2, 0.25) is 0 Å². The molecule has 1 aliphatic rings. The van der Waals surface area contributed by atoms with Crippen molar-refractivity contribution in [1.29, 1.82) is 5.26 Å². The summed E-state index contributed by atoms with van der Waals surface area (Å²) in [6.07, 6.45) is -3.28. The summed E-state index contributed by atoms with van der Waals surface area (Å²) in [6.45, 7) is 1.28. The smallest absolute Gasteiger partial charge is 0.356 e. The Kier molecular flexibility index (Phi) is 4.59. The van der Waals surface area contributed by atoms with Gasteiger partial charge in [-0.05, 0) is 13.0 Å². The zero-order chi connectivity index (χ0) is 15.6. The van der Waals surface area contributed by atoms with Crippen molar-refractivity contribution in [2.45, 2.75) is 31.5 Å². The van der Waals surface area contributed by atoms with E-state index in [2.05, 4.69) is 0 Å². The van der Waals surface area contributed by atoms with Gasteiger partial charge in [-0.15, -0.1) is 0 Å². The van der Waals surface area contributed by atoms with Crippen LogP contribution in [0.1, 0.15) is 29.2 Å². The van der Waals surface area contributed by atoms with Crippen LogP contribution in [0.15, 0.2) is 12.3 Å². The maximum absolute atomic E-state index is 12.0. The van der Waals surface area contributed by atoms with Gasteiger partial charge < -0.3 is 29.4 Å². The molecule has 0 amide bonds. The van der Waals surface area contributed by atoms with E-state index in [9.17, 15) is 15.0 Å². The topological polar surface area (TPSA) is 125 Å². The number of hydrogen-bond acceptors (Lipinski definition) is 7. The third-order valence-electron chi connectivity index (χ3n) is 3.30. The number of aromatic nitrogens is 1. The molecule has 4 atom stereocenters. The van der Waals surface area contributed by atoms with E-state index < -0.39 is 37.1 Å². The van der Waals surface area contributed by atoms with E-state index in [1.807, 2.05) is 6.07 Å². The Morgan fingerprint density at radius 3 is 2.76 bits per heavy atom. The third-order valence-corrected chi connectivity index (χ3v) is 3.30. The SMILES string of the molecule is CCOC(=O)c1c(C#N)ccn1C1OC(CO)C(O)C1O. The number of nitrogens with zero attached hydrogens (tertiary/aromatic N) is 2. The molecule has 0 saturated carbocycles. The Morgan fingerprint density at radius 2 is 2.24 bits per heavy atom. The molecule has 0 radical (unpaired) electrons. The minimum Gasteiger partial charge on any atom is -0.461 e. The van der Waals surface area contributed by atoms with Gasteiger partial charge >= 0.3 is 5.97 Å². The van der Waals surface area contributed by atoms with Crippen LogP contribution < -0.4 is 0 Å². The third kappa shape index (κ3) is 2.64. The number of rotatable bonds is 4. The van der Waals surface area contributed by atoms with Gasteiger partial charge in [-0.2, -0.15) is 5.26 Å². The molecule has 1 aromatic rings. The fourth-order valence-electron chi connectivity index (χ4n) is 2.27. The zero-order valence-electron chi connectivity index (χ0n) is 11.3. The Bertz CT molecular complexity index is 563. The highest BCUT2D eigenvalue weighted by Crippen LogP contribution is 2.31. The number of carbonyl (C=O) groups is 1. The average Bonchev–Trinajstić information content (AvgIpc) is 3.02. The molecule has 1 fully saturated rings. The standard InChI is InChI=1S/C13H16N2O6/c1-2-20-13(19)9-7(5-14)3-4-15(9)12-11(18)10(17)8(6-16)21-12/h3-4,8,10-12,16-18H,2,6H2,1H3. The lowest BCUT2D eigenvalue weighted by Crippen LogP contribution is -2.33. The maximum Gasteiger partial charge on any atom is 0.356 e. The Balaban J connectivity index is 2.39. The van der Waals surface area contributed by atoms with Crippen molar-refractivity contribution in [3.8, 4) is 6.07 Å². The number of aliphatic hydroxyl groups is 3. The van der Waals surface area contributed by atoms with Crippen LogP contribution in [0, 0.1) is 11.3 Å². The summed E-state index contributed by atoms with van der Waals surface area (Å²) in [7, 11) is 0. The van der Waals surface area contributed by atoms with Gasteiger partial charge in [0.25, 0.3) is 0 Å². The van der Waals surface area contributed by atoms with Crippen molar-refractivity contribution >= 4 is 5.97 Å². The minimum absolute atomic E-state index is 0.0609. The number of aliphatic hydroxyl groups excluding tert-OH is 3. The van der Waals surface area contributed by atoms with Gasteiger partial charge in [-0.3, -0.25) is 0 Å². The second-order valence-corrected chi connectivity index (χ2v) is 4.55. The maximum atomic E-state index is 12.0. The molecule has 2 heterocycles. The highest BCUT2D eigenvalue weighted by Gasteiger charge is 2.44. The molecule has 21 heavy (non-hydrogen) atoms. The molecule has 1 aromatic heterocycles. The molecule has 114 valence electrons. The monoisotopic (exact) mass is 296 g/mol.